The van der Waals surface area contributed by atoms with Crippen LogP contribution in [-0.4, -0.2) is 56.0 Å². The van der Waals surface area contributed by atoms with Gasteiger partial charge in [-0.15, -0.1) is 0 Å². The van der Waals surface area contributed by atoms with Crippen LogP contribution in [-0.2, 0) is 14.3 Å². The van der Waals surface area contributed by atoms with Crippen molar-refractivity contribution in [2.45, 2.75) is 116 Å². The number of nitrogens with one attached hydrogen (secondary N) is 1. The molecule has 6 fully saturated rings. The molecule has 37 heavy (non-hydrogen) atoms. The van der Waals surface area contributed by atoms with E-state index in [0.29, 0.717) is 47.2 Å². The normalized spacial score (nSPS) is 52.9. The Kier molecular flexibility index (Phi) is 6.80. The van der Waals surface area contributed by atoms with Crippen molar-refractivity contribution < 1.29 is 14.3 Å². The number of fused-ring (bicyclic) bond motifs is 7. The second kappa shape index (κ2) is 9.47. The highest BCUT2D eigenvalue weighted by molar-refractivity contribution is 5.76. The van der Waals surface area contributed by atoms with E-state index >= 15 is 0 Å². The number of hydrogen-bond donors (Lipinski definition) is 1. The molecule has 0 unspecified atom stereocenters. The van der Waals surface area contributed by atoms with Crippen molar-refractivity contribution in [2.75, 3.05) is 27.2 Å². The molecule has 0 radical (unpaired) electrons. The Morgan fingerprint density at radius 2 is 1.73 bits per heavy atom. The van der Waals surface area contributed by atoms with Crippen LogP contribution in [0.15, 0.2) is 0 Å². The standard InChI is InChI=1S/C32H54N2O3/c1-20-9-15-32(36-19-20)21(2)29-27(37-32)18-26-24-8-7-22-17-23(33-28(35)12-16-34(5)6)10-13-30(22,3)25(24)11-14-31(26,29)4/h20-27,29H,7-19H2,1-6H3,(H,33,35)/t20-,21+,22+,23-,24-,25+,26+,27+,29+,30+,31+,32-/m1/s1. The lowest BCUT2D eigenvalue weighted by Gasteiger charge is -2.61. The summed E-state index contributed by atoms with van der Waals surface area (Å²) >= 11 is 0. The minimum absolute atomic E-state index is 0.241. The van der Waals surface area contributed by atoms with Gasteiger partial charge in [-0.3, -0.25) is 4.79 Å². The Labute approximate surface area is 226 Å². The molecule has 0 bridgehead atoms. The molecule has 6 aliphatic rings. The van der Waals surface area contributed by atoms with E-state index in [2.05, 4.69) is 37.9 Å². The molecule has 0 aromatic rings. The van der Waals surface area contributed by atoms with E-state index in [4.69, 9.17) is 9.47 Å². The SMILES string of the molecule is C[C@@H]1CC[C@@]2(OC1)O[C@H]1C[C@H]3[C@@H]4CC[C@H]5C[C@H](NC(=O)CCN(C)C)CC[C@]5(C)[C@H]4CC[C@]3(C)[C@H]1[C@@H]2C. The van der Waals surface area contributed by atoms with Gasteiger partial charge in [-0.2, -0.15) is 0 Å². The van der Waals surface area contributed by atoms with E-state index in [1.165, 1.54) is 51.4 Å². The number of carbonyl (C=O) groups is 1. The summed E-state index contributed by atoms with van der Waals surface area (Å²) < 4.78 is 13.5. The minimum Gasteiger partial charge on any atom is -0.353 e. The first-order chi connectivity index (χ1) is 17.6. The van der Waals surface area contributed by atoms with Crippen LogP contribution in [0.1, 0.15) is 98.3 Å². The van der Waals surface area contributed by atoms with Gasteiger partial charge < -0.3 is 19.7 Å². The molecule has 1 spiro atoms. The summed E-state index contributed by atoms with van der Waals surface area (Å²) in [4.78, 5) is 14.6. The molecule has 1 amide bonds. The minimum atomic E-state index is -0.300. The maximum absolute atomic E-state index is 12.5. The maximum Gasteiger partial charge on any atom is 0.221 e. The fourth-order valence-electron chi connectivity index (χ4n) is 11.0. The first-order valence-corrected chi connectivity index (χ1v) is 15.8. The van der Waals surface area contributed by atoms with E-state index in [1.54, 1.807) is 0 Å². The topological polar surface area (TPSA) is 50.8 Å². The Balaban J connectivity index is 1.13. The first-order valence-electron chi connectivity index (χ1n) is 15.8. The van der Waals surface area contributed by atoms with Gasteiger partial charge in [0.25, 0.3) is 0 Å². The van der Waals surface area contributed by atoms with Gasteiger partial charge in [-0.05, 0) is 118 Å². The second-order valence-electron chi connectivity index (χ2n) is 15.3. The average molecular weight is 515 g/mol. The van der Waals surface area contributed by atoms with Crippen LogP contribution in [0.3, 0.4) is 0 Å². The molecule has 6 rings (SSSR count). The van der Waals surface area contributed by atoms with Gasteiger partial charge in [-0.1, -0.05) is 27.7 Å². The fourth-order valence-corrected chi connectivity index (χ4v) is 11.0. The van der Waals surface area contributed by atoms with E-state index in [1.807, 2.05) is 14.1 Å². The van der Waals surface area contributed by atoms with E-state index < -0.39 is 0 Å². The summed E-state index contributed by atoms with van der Waals surface area (Å²) in [5.41, 5.74) is 0.852. The van der Waals surface area contributed by atoms with Crippen molar-refractivity contribution in [1.82, 2.24) is 10.2 Å². The molecule has 12 atom stereocenters. The third-order valence-corrected chi connectivity index (χ3v) is 13.1. The highest BCUT2D eigenvalue weighted by Crippen LogP contribution is 2.71. The molecule has 5 nitrogen and oxygen atoms in total. The third-order valence-electron chi connectivity index (χ3n) is 13.1. The zero-order valence-corrected chi connectivity index (χ0v) is 24.6. The zero-order valence-electron chi connectivity index (χ0n) is 24.6. The third kappa shape index (κ3) is 4.24. The Hall–Kier alpha value is -0.650. The summed E-state index contributed by atoms with van der Waals surface area (Å²) in [6.45, 7) is 11.8. The van der Waals surface area contributed by atoms with Gasteiger partial charge in [0.1, 0.15) is 0 Å². The van der Waals surface area contributed by atoms with Gasteiger partial charge in [0.2, 0.25) is 5.91 Å². The van der Waals surface area contributed by atoms with Crippen LogP contribution in [0.25, 0.3) is 0 Å². The molecule has 2 aliphatic heterocycles. The maximum atomic E-state index is 12.5. The van der Waals surface area contributed by atoms with Crippen LogP contribution < -0.4 is 5.32 Å². The molecule has 5 heteroatoms. The lowest BCUT2D eigenvalue weighted by atomic mass is 9.44. The van der Waals surface area contributed by atoms with Crippen LogP contribution in [0, 0.1) is 52.3 Å². The van der Waals surface area contributed by atoms with Crippen molar-refractivity contribution in [3.8, 4) is 0 Å². The summed E-state index contributed by atoms with van der Waals surface area (Å²) in [5.74, 6) is 5.06. The van der Waals surface area contributed by atoms with Gasteiger partial charge in [-0.25, -0.2) is 0 Å². The summed E-state index contributed by atoms with van der Waals surface area (Å²) in [6, 6.07) is 0.382. The predicted molar refractivity (Wildman–Crippen MR) is 147 cm³/mol. The molecular formula is C32H54N2O3. The largest absolute Gasteiger partial charge is 0.353 e. The number of carbonyl (C=O) groups excluding carboxylic acids is 1. The first kappa shape index (κ1) is 26.6. The molecule has 4 aliphatic carbocycles. The quantitative estimate of drug-likeness (QED) is 0.510. The summed E-state index contributed by atoms with van der Waals surface area (Å²) in [5, 5.41) is 3.41. The Morgan fingerprint density at radius 3 is 2.46 bits per heavy atom. The Bertz CT molecular complexity index is 868. The molecule has 210 valence electrons. The van der Waals surface area contributed by atoms with E-state index in [9.17, 15) is 4.79 Å². The molecule has 2 heterocycles. The van der Waals surface area contributed by atoms with Crippen LogP contribution in [0.4, 0.5) is 0 Å². The van der Waals surface area contributed by atoms with Crippen LogP contribution in [0.2, 0.25) is 0 Å². The highest BCUT2D eigenvalue weighted by atomic mass is 16.7. The van der Waals surface area contributed by atoms with Crippen LogP contribution in [0.5, 0.6) is 0 Å². The van der Waals surface area contributed by atoms with Gasteiger partial charge in [0, 0.05) is 31.3 Å². The molecule has 4 saturated carbocycles. The van der Waals surface area contributed by atoms with E-state index in [0.717, 1.165) is 49.7 Å². The summed E-state index contributed by atoms with van der Waals surface area (Å²) in [6.07, 6.45) is 13.7. The van der Waals surface area contributed by atoms with Crippen molar-refractivity contribution >= 4 is 5.91 Å². The van der Waals surface area contributed by atoms with Gasteiger partial charge in [0.15, 0.2) is 5.79 Å². The second-order valence-corrected chi connectivity index (χ2v) is 15.3. The predicted octanol–water partition coefficient (Wildman–Crippen LogP) is 5.87. The Morgan fingerprint density at radius 1 is 0.946 bits per heavy atom. The number of hydrogen-bond acceptors (Lipinski definition) is 4. The lowest BCUT2D eigenvalue weighted by Crippen LogP contribution is -2.56. The number of ether oxygens (including phenoxy) is 2. The van der Waals surface area contributed by atoms with Crippen molar-refractivity contribution in [2.24, 2.45) is 52.3 Å². The van der Waals surface area contributed by atoms with Crippen LogP contribution >= 0.6 is 0 Å². The highest BCUT2D eigenvalue weighted by Gasteiger charge is 2.69. The van der Waals surface area contributed by atoms with E-state index in [-0.39, 0.29) is 11.7 Å². The molecule has 2 saturated heterocycles. The van der Waals surface area contributed by atoms with Gasteiger partial charge >= 0.3 is 0 Å². The van der Waals surface area contributed by atoms with Crippen molar-refractivity contribution in [3.63, 3.8) is 0 Å². The zero-order chi connectivity index (χ0) is 26.2. The average Bonchev–Trinajstić information content (AvgIpc) is 3.30. The number of rotatable bonds is 4. The fraction of sp³-hybridized carbons (Fsp3) is 0.969. The number of nitrogens with zero attached hydrogens (tertiary/aromatic N) is 1. The van der Waals surface area contributed by atoms with Crippen molar-refractivity contribution in [1.29, 1.82) is 0 Å². The molecule has 0 aromatic carbocycles. The number of amides is 1. The lowest BCUT2D eigenvalue weighted by molar-refractivity contribution is -0.273. The smallest absolute Gasteiger partial charge is 0.221 e. The summed E-state index contributed by atoms with van der Waals surface area (Å²) in [7, 11) is 4.08. The monoisotopic (exact) mass is 514 g/mol. The molecule has 0 aromatic heterocycles. The van der Waals surface area contributed by atoms with Crippen molar-refractivity contribution in [3.05, 3.63) is 0 Å². The van der Waals surface area contributed by atoms with Gasteiger partial charge in [0.05, 0.1) is 12.7 Å². The molecule has 1 N–H and O–H groups in total. The molecular weight excluding hydrogens is 460 g/mol.